The molecule has 1 spiro atoms. The predicted molar refractivity (Wildman–Crippen MR) is 129 cm³/mol. The summed E-state index contributed by atoms with van der Waals surface area (Å²) in [5, 5.41) is 3.57. The zero-order chi connectivity index (χ0) is 19.4. The highest BCUT2D eigenvalue weighted by molar-refractivity contribution is 14.0. The normalized spacial score (nSPS) is 21.8. The standard InChI is InChI=1S/C22H34FN5.HI/c1-24-21(28-13-10-22(18-28)8-4-9-22)25-11-5-12-26-14-16-27(17-15-26)20-7-3-2-6-19(20)23;/h2-3,6-7H,4-5,8-18H2,1H3,(H,24,25);1H. The molecule has 3 aliphatic rings. The lowest BCUT2D eigenvalue weighted by Gasteiger charge is -2.38. The molecule has 0 bridgehead atoms. The van der Waals surface area contributed by atoms with Crippen molar-refractivity contribution in [3.8, 4) is 0 Å². The Balaban J connectivity index is 0.00000240. The highest BCUT2D eigenvalue weighted by Crippen LogP contribution is 2.47. The SMILES string of the molecule is CN=C(NCCCN1CCN(c2ccccc2F)CC1)N1CCC2(CCC2)C1.I. The Labute approximate surface area is 191 Å². The third kappa shape index (κ3) is 5.34. The minimum atomic E-state index is -0.114. The van der Waals surface area contributed by atoms with E-state index in [1.54, 1.807) is 12.1 Å². The average Bonchev–Trinajstić information content (AvgIpc) is 3.15. The van der Waals surface area contributed by atoms with Gasteiger partial charge in [0, 0.05) is 52.9 Å². The van der Waals surface area contributed by atoms with Gasteiger partial charge >= 0.3 is 0 Å². The number of hydrogen-bond donors (Lipinski definition) is 1. The zero-order valence-electron chi connectivity index (χ0n) is 17.6. The van der Waals surface area contributed by atoms with Gasteiger partial charge in [0.1, 0.15) is 5.82 Å². The Kier molecular flexibility index (Phi) is 8.01. The van der Waals surface area contributed by atoms with Crippen molar-refractivity contribution in [3.63, 3.8) is 0 Å². The second-order valence-corrected chi connectivity index (χ2v) is 8.63. The molecule has 29 heavy (non-hydrogen) atoms. The molecule has 0 atom stereocenters. The number of guanidine groups is 1. The smallest absolute Gasteiger partial charge is 0.193 e. The summed E-state index contributed by atoms with van der Waals surface area (Å²) >= 11 is 0. The Bertz CT molecular complexity index is 686. The first-order valence-corrected chi connectivity index (χ1v) is 10.9. The molecular formula is C22H35FIN5. The third-order valence-corrected chi connectivity index (χ3v) is 6.86. The van der Waals surface area contributed by atoms with Crippen molar-refractivity contribution in [2.75, 3.05) is 64.3 Å². The van der Waals surface area contributed by atoms with E-state index in [0.717, 1.165) is 63.9 Å². The topological polar surface area (TPSA) is 34.1 Å². The number of benzene rings is 1. The summed E-state index contributed by atoms with van der Waals surface area (Å²) < 4.78 is 14.0. The first kappa shape index (κ1) is 22.6. The van der Waals surface area contributed by atoms with Crippen LogP contribution in [0.15, 0.2) is 29.3 Å². The van der Waals surface area contributed by atoms with Gasteiger partial charge in [0.15, 0.2) is 5.96 Å². The molecule has 3 fully saturated rings. The maximum Gasteiger partial charge on any atom is 0.193 e. The molecule has 162 valence electrons. The van der Waals surface area contributed by atoms with Crippen LogP contribution in [0.1, 0.15) is 32.1 Å². The number of hydrogen-bond acceptors (Lipinski definition) is 3. The minimum absolute atomic E-state index is 0. The van der Waals surface area contributed by atoms with E-state index in [1.165, 1.54) is 32.2 Å². The molecule has 1 aromatic rings. The van der Waals surface area contributed by atoms with Crippen LogP contribution in [0.3, 0.4) is 0 Å². The molecule has 0 radical (unpaired) electrons. The monoisotopic (exact) mass is 515 g/mol. The summed E-state index contributed by atoms with van der Waals surface area (Å²) in [6.07, 6.45) is 6.65. The number of nitrogens with one attached hydrogen (secondary N) is 1. The van der Waals surface area contributed by atoms with Crippen molar-refractivity contribution in [3.05, 3.63) is 30.1 Å². The van der Waals surface area contributed by atoms with Crippen LogP contribution in [0.4, 0.5) is 10.1 Å². The highest BCUT2D eigenvalue weighted by Gasteiger charge is 2.43. The Morgan fingerprint density at radius 1 is 1.10 bits per heavy atom. The van der Waals surface area contributed by atoms with Gasteiger partial charge in [-0.1, -0.05) is 18.6 Å². The van der Waals surface area contributed by atoms with Gasteiger partial charge in [0.05, 0.1) is 5.69 Å². The van der Waals surface area contributed by atoms with E-state index >= 15 is 0 Å². The molecule has 2 heterocycles. The van der Waals surface area contributed by atoms with Crippen molar-refractivity contribution in [1.29, 1.82) is 0 Å². The molecular weight excluding hydrogens is 480 g/mol. The van der Waals surface area contributed by atoms with Crippen LogP contribution in [0.5, 0.6) is 0 Å². The maximum absolute atomic E-state index is 14.0. The number of para-hydroxylation sites is 1. The number of halogens is 2. The molecule has 2 saturated heterocycles. The van der Waals surface area contributed by atoms with Crippen LogP contribution in [0, 0.1) is 11.2 Å². The van der Waals surface area contributed by atoms with E-state index in [0.29, 0.717) is 5.41 Å². The van der Waals surface area contributed by atoms with Gasteiger partial charge in [-0.3, -0.25) is 9.89 Å². The number of aliphatic imine (C=N–C) groups is 1. The number of nitrogens with zero attached hydrogens (tertiary/aromatic N) is 4. The summed E-state index contributed by atoms with van der Waals surface area (Å²) in [7, 11) is 1.90. The van der Waals surface area contributed by atoms with E-state index in [4.69, 9.17) is 0 Å². The maximum atomic E-state index is 14.0. The van der Waals surface area contributed by atoms with E-state index in [-0.39, 0.29) is 29.8 Å². The molecule has 1 N–H and O–H groups in total. The fourth-order valence-corrected chi connectivity index (χ4v) is 4.96. The molecule has 0 aromatic heterocycles. The molecule has 2 aliphatic heterocycles. The highest BCUT2D eigenvalue weighted by atomic mass is 127. The first-order valence-electron chi connectivity index (χ1n) is 10.9. The largest absolute Gasteiger partial charge is 0.367 e. The summed E-state index contributed by atoms with van der Waals surface area (Å²) in [4.78, 5) is 11.6. The number of rotatable bonds is 5. The van der Waals surface area contributed by atoms with Gasteiger partial charge in [0.25, 0.3) is 0 Å². The molecule has 0 unspecified atom stereocenters. The number of likely N-dealkylation sites (tertiary alicyclic amines) is 1. The lowest BCUT2D eigenvalue weighted by molar-refractivity contribution is 0.151. The van der Waals surface area contributed by atoms with Crippen molar-refractivity contribution in [2.45, 2.75) is 32.1 Å². The van der Waals surface area contributed by atoms with E-state index in [9.17, 15) is 4.39 Å². The minimum Gasteiger partial charge on any atom is -0.367 e. The van der Waals surface area contributed by atoms with Crippen molar-refractivity contribution in [1.82, 2.24) is 15.1 Å². The zero-order valence-corrected chi connectivity index (χ0v) is 19.9. The first-order chi connectivity index (χ1) is 13.7. The Morgan fingerprint density at radius 2 is 1.86 bits per heavy atom. The second kappa shape index (κ2) is 10.3. The molecule has 1 aromatic carbocycles. The second-order valence-electron chi connectivity index (χ2n) is 8.63. The van der Waals surface area contributed by atoms with Crippen LogP contribution in [-0.2, 0) is 0 Å². The molecule has 1 aliphatic carbocycles. The van der Waals surface area contributed by atoms with Crippen molar-refractivity contribution >= 4 is 35.6 Å². The fraction of sp³-hybridized carbons (Fsp3) is 0.682. The number of piperazine rings is 1. The van der Waals surface area contributed by atoms with Gasteiger partial charge < -0.3 is 15.1 Å². The van der Waals surface area contributed by atoms with Crippen LogP contribution in [0.2, 0.25) is 0 Å². The Morgan fingerprint density at radius 3 is 2.48 bits per heavy atom. The van der Waals surface area contributed by atoms with Crippen LogP contribution >= 0.6 is 24.0 Å². The molecule has 0 amide bonds. The molecule has 7 heteroatoms. The van der Waals surface area contributed by atoms with Crippen molar-refractivity contribution in [2.24, 2.45) is 10.4 Å². The van der Waals surface area contributed by atoms with Gasteiger partial charge in [-0.05, 0) is 49.8 Å². The summed E-state index contributed by atoms with van der Waals surface area (Å²) in [6.45, 7) is 8.16. The van der Waals surface area contributed by atoms with Crippen LogP contribution < -0.4 is 10.2 Å². The van der Waals surface area contributed by atoms with Gasteiger partial charge in [0.2, 0.25) is 0 Å². The third-order valence-electron chi connectivity index (χ3n) is 6.86. The van der Waals surface area contributed by atoms with Gasteiger partial charge in [-0.15, -0.1) is 24.0 Å². The molecule has 5 nitrogen and oxygen atoms in total. The summed E-state index contributed by atoms with van der Waals surface area (Å²) in [5.74, 6) is 0.963. The Hall–Kier alpha value is -1.09. The van der Waals surface area contributed by atoms with E-state index in [2.05, 4.69) is 25.0 Å². The van der Waals surface area contributed by atoms with E-state index < -0.39 is 0 Å². The average molecular weight is 515 g/mol. The molecule has 4 rings (SSSR count). The molecule has 1 saturated carbocycles. The lowest BCUT2D eigenvalue weighted by Crippen LogP contribution is -2.47. The van der Waals surface area contributed by atoms with Crippen LogP contribution in [-0.4, -0.2) is 75.2 Å². The predicted octanol–water partition coefficient (Wildman–Crippen LogP) is 3.41. The number of anilines is 1. The van der Waals surface area contributed by atoms with Gasteiger partial charge in [-0.2, -0.15) is 0 Å². The van der Waals surface area contributed by atoms with Gasteiger partial charge in [-0.25, -0.2) is 4.39 Å². The van der Waals surface area contributed by atoms with E-state index in [1.807, 2.05) is 19.2 Å². The quantitative estimate of drug-likeness (QED) is 0.282. The summed E-state index contributed by atoms with van der Waals surface area (Å²) in [5.41, 5.74) is 1.35. The van der Waals surface area contributed by atoms with Crippen molar-refractivity contribution < 1.29 is 4.39 Å². The summed E-state index contributed by atoms with van der Waals surface area (Å²) in [6, 6.07) is 7.10. The fourth-order valence-electron chi connectivity index (χ4n) is 4.96. The van der Waals surface area contributed by atoms with Crippen LogP contribution in [0.25, 0.3) is 0 Å². The lowest BCUT2D eigenvalue weighted by atomic mass is 9.68.